The van der Waals surface area contributed by atoms with Gasteiger partial charge in [-0.05, 0) is 0 Å². The van der Waals surface area contributed by atoms with E-state index in [4.69, 9.17) is 18.9 Å². The Morgan fingerprint density at radius 1 is 0.824 bits per heavy atom. The molecular weight excluding hydrogens is 228 g/mol. The van der Waals surface area contributed by atoms with E-state index < -0.39 is 11.0 Å². The Hall–Kier alpha value is -0.240. The van der Waals surface area contributed by atoms with Crippen molar-refractivity contribution in [3.8, 4) is 0 Å². The highest BCUT2D eigenvalue weighted by Gasteiger charge is 2.55. The van der Waals surface area contributed by atoms with Crippen LogP contribution in [0.15, 0.2) is 0 Å². The second-order valence-electron chi connectivity index (χ2n) is 4.65. The molecule has 0 bridgehead atoms. The summed E-state index contributed by atoms with van der Waals surface area (Å²) in [5, 5.41) is 18.5. The molecule has 0 unspecified atom stereocenters. The number of rotatable bonds is 4. The van der Waals surface area contributed by atoms with Gasteiger partial charge in [0, 0.05) is 26.1 Å². The first kappa shape index (κ1) is 13.2. The van der Waals surface area contributed by atoms with Crippen molar-refractivity contribution in [1.82, 2.24) is 0 Å². The maximum Gasteiger partial charge on any atom is 0.147 e. The van der Waals surface area contributed by atoms with E-state index in [9.17, 15) is 10.2 Å². The van der Waals surface area contributed by atoms with Crippen molar-refractivity contribution in [2.24, 2.45) is 5.41 Å². The highest BCUT2D eigenvalue weighted by atomic mass is 16.7. The molecule has 2 aliphatic rings. The van der Waals surface area contributed by atoms with Gasteiger partial charge in [-0.2, -0.15) is 0 Å². The highest BCUT2D eigenvalue weighted by Crippen LogP contribution is 2.45. The van der Waals surface area contributed by atoms with Crippen LogP contribution in [-0.2, 0) is 18.9 Å². The molecule has 2 aliphatic heterocycles. The fourth-order valence-electron chi connectivity index (χ4n) is 2.76. The lowest BCUT2D eigenvalue weighted by Crippen LogP contribution is -2.63. The Labute approximate surface area is 100 Å². The molecule has 0 aromatic carbocycles. The molecule has 0 aliphatic carbocycles. The van der Waals surface area contributed by atoms with Crippen LogP contribution in [0, 0.1) is 5.41 Å². The van der Waals surface area contributed by atoms with Gasteiger partial charge in [0.25, 0.3) is 0 Å². The van der Waals surface area contributed by atoms with Gasteiger partial charge in [0.05, 0.1) is 30.8 Å². The predicted molar refractivity (Wildman–Crippen MR) is 57.2 cm³/mol. The van der Waals surface area contributed by atoms with Crippen molar-refractivity contribution in [3.63, 3.8) is 0 Å². The average molecular weight is 248 g/mol. The molecule has 1 spiro atoms. The minimum Gasteiger partial charge on any atom is -0.396 e. The Morgan fingerprint density at radius 2 is 1.35 bits per heavy atom. The lowest BCUT2D eigenvalue weighted by Gasteiger charge is -2.53. The Bertz CT molecular complexity index is 218. The van der Waals surface area contributed by atoms with Crippen molar-refractivity contribution in [2.75, 3.05) is 46.6 Å². The van der Waals surface area contributed by atoms with Crippen LogP contribution in [0.3, 0.4) is 0 Å². The molecule has 2 fully saturated rings. The molecule has 0 saturated carbocycles. The van der Waals surface area contributed by atoms with Crippen LogP contribution in [0.25, 0.3) is 0 Å². The Balaban J connectivity index is 2.22. The van der Waals surface area contributed by atoms with E-state index in [0.29, 0.717) is 32.7 Å². The molecule has 6 heteroatoms. The van der Waals surface area contributed by atoms with Gasteiger partial charge in [0.2, 0.25) is 0 Å². The Kier molecular flexibility index (Phi) is 4.35. The van der Waals surface area contributed by atoms with Gasteiger partial charge in [0.15, 0.2) is 0 Å². The minimum absolute atomic E-state index is 0.00174. The molecule has 6 nitrogen and oxygen atoms in total. The summed E-state index contributed by atoms with van der Waals surface area (Å²) in [6, 6.07) is 0. The molecule has 17 heavy (non-hydrogen) atoms. The van der Waals surface area contributed by atoms with Crippen LogP contribution in [0.5, 0.6) is 0 Å². The van der Waals surface area contributed by atoms with Crippen LogP contribution in [0.1, 0.15) is 12.8 Å². The summed E-state index contributed by atoms with van der Waals surface area (Å²) in [5.41, 5.74) is -1.07. The zero-order valence-electron chi connectivity index (χ0n) is 9.89. The van der Waals surface area contributed by atoms with Gasteiger partial charge in [0.1, 0.15) is 13.6 Å². The summed E-state index contributed by atoms with van der Waals surface area (Å²) in [7, 11) is 0. The van der Waals surface area contributed by atoms with Gasteiger partial charge in [-0.3, -0.25) is 0 Å². The van der Waals surface area contributed by atoms with Crippen LogP contribution >= 0.6 is 0 Å². The van der Waals surface area contributed by atoms with Gasteiger partial charge in [-0.25, -0.2) is 0 Å². The summed E-state index contributed by atoms with van der Waals surface area (Å²) in [5.74, 6) is 0. The first-order valence-electron chi connectivity index (χ1n) is 5.88. The third kappa shape index (κ3) is 2.33. The SMILES string of the molecule is OCCC1(CCO)OCOCC12COCOC2. The van der Waals surface area contributed by atoms with Crippen molar-refractivity contribution in [1.29, 1.82) is 0 Å². The normalized spacial score (nSPS) is 27.2. The summed E-state index contributed by atoms with van der Waals surface area (Å²) in [4.78, 5) is 0. The Morgan fingerprint density at radius 3 is 1.88 bits per heavy atom. The maximum absolute atomic E-state index is 9.24. The molecule has 2 saturated heterocycles. The largest absolute Gasteiger partial charge is 0.396 e. The lowest BCUT2D eigenvalue weighted by atomic mass is 9.68. The third-order valence-corrected chi connectivity index (χ3v) is 3.72. The van der Waals surface area contributed by atoms with Crippen molar-refractivity contribution in [3.05, 3.63) is 0 Å². The summed E-state index contributed by atoms with van der Waals surface area (Å²) >= 11 is 0. The van der Waals surface area contributed by atoms with E-state index in [1.165, 1.54) is 0 Å². The molecule has 2 N–H and O–H groups in total. The molecule has 0 aromatic rings. The number of aliphatic hydroxyl groups is 2. The summed E-state index contributed by atoms with van der Waals surface area (Å²) < 4.78 is 21.8. The fraction of sp³-hybridized carbons (Fsp3) is 1.00. The van der Waals surface area contributed by atoms with E-state index in [1.54, 1.807) is 0 Å². The third-order valence-electron chi connectivity index (χ3n) is 3.72. The van der Waals surface area contributed by atoms with Gasteiger partial charge in [-0.15, -0.1) is 0 Å². The molecular formula is C11H20O6. The standard InChI is InChI=1S/C11H20O6/c12-3-1-11(2-4-13)10(7-16-9-17-11)5-14-8-15-6-10/h12-13H,1-9H2. The monoisotopic (exact) mass is 248 g/mol. The molecule has 0 amide bonds. The maximum atomic E-state index is 9.24. The van der Waals surface area contributed by atoms with Crippen LogP contribution < -0.4 is 0 Å². The van der Waals surface area contributed by atoms with Crippen molar-refractivity contribution in [2.45, 2.75) is 18.4 Å². The number of hydrogen-bond donors (Lipinski definition) is 2. The number of hydrogen-bond acceptors (Lipinski definition) is 6. The summed E-state index contributed by atoms with van der Waals surface area (Å²) in [6.45, 7) is 1.86. The summed E-state index contributed by atoms with van der Waals surface area (Å²) in [6.07, 6.45) is 0.896. The van der Waals surface area contributed by atoms with Crippen LogP contribution in [0.2, 0.25) is 0 Å². The first-order valence-corrected chi connectivity index (χ1v) is 5.88. The topological polar surface area (TPSA) is 77.4 Å². The molecule has 0 aromatic heterocycles. The van der Waals surface area contributed by atoms with Gasteiger partial charge in [-0.1, -0.05) is 0 Å². The van der Waals surface area contributed by atoms with Gasteiger partial charge >= 0.3 is 0 Å². The molecule has 2 heterocycles. The van der Waals surface area contributed by atoms with E-state index in [2.05, 4.69) is 0 Å². The quantitative estimate of drug-likeness (QED) is 0.697. The smallest absolute Gasteiger partial charge is 0.147 e. The number of ether oxygens (including phenoxy) is 4. The van der Waals surface area contributed by atoms with E-state index in [-0.39, 0.29) is 26.8 Å². The highest BCUT2D eigenvalue weighted by molar-refractivity contribution is 5.02. The second kappa shape index (κ2) is 5.60. The first-order chi connectivity index (χ1) is 8.29. The zero-order valence-corrected chi connectivity index (χ0v) is 9.89. The number of aliphatic hydroxyl groups excluding tert-OH is 2. The minimum atomic E-state index is -0.630. The lowest BCUT2D eigenvalue weighted by molar-refractivity contribution is -0.323. The van der Waals surface area contributed by atoms with E-state index >= 15 is 0 Å². The van der Waals surface area contributed by atoms with E-state index in [1.807, 2.05) is 0 Å². The molecule has 100 valence electrons. The predicted octanol–water partition coefficient (Wildman–Crippen LogP) is -0.515. The average Bonchev–Trinajstić information content (AvgIpc) is 2.35. The van der Waals surface area contributed by atoms with Crippen molar-refractivity contribution >= 4 is 0 Å². The molecule has 0 atom stereocenters. The van der Waals surface area contributed by atoms with E-state index in [0.717, 1.165) is 0 Å². The second-order valence-corrected chi connectivity index (χ2v) is 4.65. The van der Waals surface area contributed by atoms with Crippen LogP contribution in [0.4, 0.5) is 0 Å². The molecule has 0 radical (unpaired) electrons. The fourth-order valence-corrected chi connectivity index (χ4v) is 2.76. The molecule has 2 rings (SSSR count). The van der Waals surface area contributed by atoms with Crippen molar-refractivity contribution < 1.29 is 29.2 Å². The zero-order chi connectivity index (χ0) is 12.2. The van der Waals surface area contributed by atoms with Crippen LogP contribution in [-0.4, -0.2) is 62.4 Å². The van der Waals surface area contributed by atoms with Gasteiger partial charge < -0.3 is 29.2 Å².